The van der Waals surface area contributed by atoms with Crippen molar-refractivity contribution in [1.82, 2.24) is 15.0 Å². The zero-order valence-corrected chi connectivity index (χ0v) is 20.9. The summed E-state index contributed by atoms with van der Waals surface area (Å²) in [5.74, 6) is 1.02. The van der Waals surface area contributed by atoms with Crippen LogP contribution in [0.4, 0.5) is 0 Å². The molecule has 0 spiro atoms. The molecule has 0 radical (unpaired) electrons. The Kier molecular flexibility index (Phi) is 5.46. The van der Waals surface area contributed by atoms with Gasteiger partial charge in [-0.1, -0.05) is 103 Å². The molecule has 5 aromatic carbocycles. The molecular formula is C33H20ClN3O. The topological polar surface area (TPSA) is 51.8 Å². The van der Waals surface area contributed by atoms with Crippen molar-refractivity contribution in [2.75, 3.05) is 0 Å². The second kappa shape index (κ2) is 9.25. The summed E-state index contributed by atoms with van der Waals surface area (Å²) in [5, 5.41) is 2.10. The van der Waals surface area contributed by atoms with E-state index >= 15 is 0 Å². The lowest BCUT2D eigenvalue weighted by Gasteiger charge is -2.09. The van der Waals surface area contributed by atoms with E-state index in [0.29, 0.717) is 11.6 Å². The average Bonchev–Trinajstić information content (AvgIpc) is 3.37. The average molecular weight is 510 g/mol. The molecule has 2 heterocycles. The molecule has 0 atom stereocenters. The lowest BCUT2D eigenvalue weighted by atomic mass is 9.98. The maximum Gasteiger partial charge on any atom is 0.226 e. The number of fused-ring (bicyclic) bond motifs is 3. The van der Waals surface area contributed by atoms with E-state index in [2.05, 4.69) is 58.5 Å². The molecule has 180 valence electrons. The summed E-state index contributed by atoms with van der Waals surface area (Å²) in [6, 6.07) is 40.8. The molecule has 7 rings (SSSR count). The number of benzene rings is 5. The molecule has 2 aromatic heterocycles. The van der Waals surface area contributed by atoms with Crippen molar-refractivity contribution < 1.29 is 4.42 Å². The Morgan fingerprint density at radius 3 is 1.82 bits per heavy atom. The number of para-hydroxylation sites is 1. The van der Waals surface area contributed by atoms with Crippen LogP contribution in [0.5, 0.6) is 0 Å². The molecule has 7 aromatic rings. The number of aromatic nitrogens is 3. The van der Waals surface area contributed by atoms with Crippen molar-refractivity contribution in [1.29, 1.82) is 0 Å². The van der Waals surface area contributed by atoms with Gasteiger partial charge in [-0.3, -0.25) is 0 Å². The molecule has 0 aliphatic carbocycles. The van der Waals surface area contributed by atoms with Crippen LogP contribution in [0, 0.1) is 0 Å². The lowest BCUT2D eigenvalue weighted by molar-refractivity contribution is 0.670. The van der Waals surface area contributed by atoms with Crippen molar-refractivity contribution >= 4 is 33.5 Å². The van der Waals surface area contributed by atoms with Gasteiger partial charge in [0.15, 0.2) is 11.6 Å². The lowest BCUT2D eigenvalue weighted by Crippen LogP contribution is -1.98. The first kappa shape index (κ1) is 22.4. The van der Waals surface area contributed by atoms with Crippen LogP contribution < -0.4 is 0 Å². The SMILES string of the molecule is Clc1nc(-c2ccc(-c3ccccc3)cc2)nc(-c2ccc(-c3ccccc3)c3oc4ccccc4c23)n1. The summed E-state index contributed by atoms with van der Waals surface area (Å²) in [7, 11) is 0. The van der Waals surface area contributed by atoms with Gasteiger partial charge < -0.3 is 4.42 Å². The Morgan fingerprint density at radius 1 is 0.474 bits per heavy atom. The van der Waals surface area contributed by atoms with Crippen LogP contribution in [0.1, 0.15) is 0 Å². The van der Waals surface area contributed by atoms with Gasteiger partial charge in [0.1, 0.15) is 11.2 Å². The molecular weight excluding hydrogens is 490 g/mol. The monoisotopic (exact) mass is 509 g/mol. The van der Waals surface area contributed by atoms with Gasteiger partial charge in [0, 0.05) is 27.5 Å². The Balaban J connectivity index is 1.39. The van der Waals surface area contributed by atoms with Crippen molar-refractivity contribution in [3.8, 4) is 45.0 Å². The van der Waals surface area contributed by atoms with E-state index in [9.17, 15) is 0 Å². The smallest absolute Gasteiger partial charge is 0.226 e. The first-order chi connectivity index (χ1) is 18.7. The zero-order valence-electron chi connectivity index (χ0n) is 20.2. The fourth-order valence-corrected chi connectivity index (χ4v) is 5.06. The van der Waals surface area contributed by atoms with Crippen LogP contribution in [0.25, 0.3) is 67.0 Å². The molecule has 0 aliphatic heterocycles. The van der Waals surface area contributed by atoms with E-state index in [0.717, 1.165) is 55.3 Å². The van der Waals surface area contributed by atoms with Crippen LogP contribution in [-0.2, 0) is 0 Å². The van der Waals surface area contributed by atoms with E-state index in [1.54, 1.807) is 0 Å². The molecule has 0 aliphatic rings. The summed E-state index contributed by atoms with van der Waals surface area (Å²) < 4.78 is 6.40. The third kappa shape index (κ3) is 3.92. The molecule has 0 amide bonds. The largest absolute Gasteiger partial charge is 0.455 e. The predicted molar refractivity (Wildman–Crippen MR) is 154 cm³/mol. The molecule has 38 heavy (non-hydrogen) atoms. The predicted octanol–water partition coefficient (Wildman–Crippen LogP) is 9.09. The number of hydrogen-bond donors (Lipinski definition) is 0. The normalized spacial score (nSPS) is 11.3. The Labute approximate surface area is 224 Å². The van der Waals surface area contributed by atoms with E-state index < -0.39 is 0 Å². The molecule has 0 unspecified atom stereocenters. The summed E-state index contributed by atoms with van der Waals surface area (Å²) >= 11 is 6.46. The highest BCUT2D eigenvalue weighted by Crippen LogP contribution is 2.41. The van der Waals surface area contributed by atoms with Gasteiger partial charge in [-0.05, 0) is 46.5 Å². The van der Waals surface area contributed by atoms with Gasteiger partial charge in [0.05, 0.1) is 0 Å². The van der Waals surface area contributed by atoms with Crippen LogP contribution in [0.2, 0.25) is 5.28 Å². The van der Waals surface area contributed by atoms with E-state index in [1.165, 1.54) is 0 Å². The maximum absolute atomic E-state index is 6.46. The van der Waals surface area contributed by atoms with Crippen LogP contribution >= 0.6 is 11.6 Å². The second-order valence-electron chi connectivity index (χ2n) is 9.02. The van der Waals surface area contributed by atoms with Crippen LogP contribution in [0.15, 0.2) is 126 Å². The third-order valence-electron chi connectivity index (χ3n) is 6.71. The van der Waals surface area contributed by atoms with Gasteiger partial charge in [0.2, 0.25) is 5.28 Å². The minimum Gasteiger partial charge on any atom is -0.455 e. The van der Waals surface area contributed by atoms with Crippen molar-refractivity contribution in [2.45, 2.75) is 0 Å². The van der Waals surface area contributed by atoms with Gasteiger partial charge in [0.25, 0.3) is 0 Å². The standard InChI is InChI=1S/C33H20ClN3O/c34-33-36-31(24-17-15-22(16-18-24)21-9-3-1-4-10-21)35-32(37-33)27-20-19-25(23-11-5-2-6-12-23)30-29(27)26-13-7-8-14-28(26)38-30/h1-20H. The molecule has 0 bridgehead atoms. The second-order valence-corrected chi connectivity index (χ2v) is 9.36. The fourth-order valence-electron chi connectivity index (χ4n) is 4.90. The maximum atomic E-state index is 6.46. The molecule has 5 heteroatoms. The number of rotatable bonds is 4. The first-order valence-corrected chi connectivity index (χ1v) is 12.7. The summed E-state index contributed by atoms with van der Waals surface area (Å²) in [6.45, 7) is 0. The van der Waals surface area contributed by atoms with Gasteiger partial charge >= 0.3 is 0 Å². The van der Waals surface area contributed by atoms with E-state index in [1.807, 2.05) is 72.8 Å². The van der Waals surface area contributed by atoms with Gasteiger partial charge in [-0.15, -0.1) is 0 Å². The molecule has 4 nitrogen and oxygen atoms in total. The quantitative estimate of drug-likeness (QED) is 0.237. The highest BCUT2D eigenvalue weighted by Gasteiger charge is 2.19. The Bertz CT molecular complexity index is 1910. The minimum absolute atomic E-state index is 0.144. The van der Waals surface area contributed by atoms with Crippen molar-refractivity contribution in [3.63, 3.8) is 0 Å². The molecule has 0 fully saturated rings. The number of halogens is 1. The fraction of sp³-hybridized carbons (Fsp3) is 0. The Morgan fingerprint density at radius 2 is 1.05 bits per heavy atom. The summed E-state index contributed by atoms with van der Waals surface area (Å²) in [4.78, 5) is 13.8. The zero-order chi connectivity index (χ0) is 25.5. The van der Waals surface area contributed by atoms with Crippen molar-refractivity contribution in [2.24, 2.45) is 0 Å². The van der Waals surface area contributed by atoms with Gasteiger partial charge in [-0.2, -0.15) is 9.97 Å². The minimum atomic E-state index is 0.144. The van der Waals surface area contributed by atoms with Crippen LogP contribution in [0.3, 0.4) is 0 Å². The number of hydrogen-bond acceptors (Lipinski definition) is 4. The van der Waals surface area contributed by atoms with Crippen molar-refractivity contribution in [3.05, 3.63) is 127 Å². The number of nitrogens with zero attached hydrogens (tertiary/aromatic N) is 3. The number of furan rings is 1. The van der Waals surface area contributed by atoms with Crippen LogP contribution in [-0.4, -0.2) is 15.0 Å². The third-order valence-corrected chi connectivity index (χ3v) is 6.88. The summed E-state index contributed by atoms with van der Waals surface area (Å²) in [6.07, 6.45) is 0. The molecule has 0 N–H and O–H groups in total. The highest BCUT2D eigenvalue weighted by molar-refractivity contribution is 6.28. The van der Waals surface area contributed by atoms with E-state index in [4.69, 9.17) is 21.0 Å². The highest BCUT2D eigenvalue weighted by atomic mass is 35.5. The summed E-state index contributed by atoms with van der Waals surface area (Å²) in [5.41, 5.74) is 7.68. The Hall–Kier alpha value is -4.80. The van der Waals surface area contributed by atoms with E-state index in [-0.39, 0.29) is 5.28 Å². The molecule has 0 saturated heterocycles. The first-order valence-electron chi connectivity index (χ1n) is 12.3. The molecule has 0 saturated carbocycles. The van der Waals surface area contributed by atoms with Gasteiger partial charge in [-0.25, -0.2) is 4.98 Å².